The van der Waals surface area contributed by atoms with Gasteiger partial charge in [0.15, 0.2) is 0 Å². The van der Waals surface area contributed by atoms with Crippen molar-refractivity contribution in [1.82, 2.24) is 4.98 Å². The van der Waals surface area contributed by atoms with Gasteiger partial charge in [-0.2, -0.15) is 10.1 Å². The Kier molecular flexibility index (Phi) is 6.06. The maximum atomic E-state index is 13.7. The summed E-state index contributed by atoms with van der Waals surface area (Å²) in [5.74, 6) is 0.564. The molecule has 1 aromatic heterocycles. The van der Waals surface area contributed by atoms with E-state index in [1.807, 2.05) is 92.7 Å². The normalized spacial score (nSPS) is 11.4. The molecule has 4 aromatic carbocycles. The number of amides is 1. The van der Waals surface area contributed by atoms with Crippen LogP contribution in [0.5, 0.6) is 5.75 Å². The van der Waals surface area contributed by atoms with E-state index in [0.29, 0.717) is 17.3 Å². The molecule has 0 fully saturated rings. The highest BCUT2D eigenvalue weighted by Gasteiger charge is 2.21. The van der Waals surface area contributed by atoms with Gasteiger partial charge in [-0.1, -0.05) is 47.7 Å². The Morgan fingerprint density at radius 3 is 2.59 bits per heavy atom. The van der Waals surface area contributed by atoms with Crippen molar-refractivity contribution in [3.05, 3.63) is 102 Å². The third-order valence-corrected chi connectivity index (χ3v) is 6.41. The Labute approximate surface area is 201 Å². The van der Waals surface area contributed by atoms with Crippen LogP contribution in [0.2, 0.25) is 0 Å². The van der Waals surface area contributed by atoms with Crippen molar-refractivity contribution in [2.45, 2.75) is 13.8 Å². The quantitative estimate of drug-likeness (QED) is 0.204. The summed E-state index contributed by atoms with van der Waals surface area (Å²) in [6.07, 6.45) is 1.67. The number of ether oxygens (including phenoxy) is 1. The van der Waals surface area contributed by atoms with Crippen LogP contribution >= 0.6 is 11.3 Å². The molecule has 0 atom stereocenters. The second kappa shape index (κ2) is 9.45. The fourth-order valence-corrected chi connectivity index (χ4v) is 4.71. The molecule has 6 heteroatoms. The number of benzene rings is 4. The first-order valence-corrected chi connectivity index (χ1v) is 11.9. The lowest BCUT2D eigenvalue weighted by molar-refractivity contribution is 0.0988. The molecule has 0 saturated heterocycles. The van der Waals surface area contributed by atoms with E-state index in [1.165, 1.54) is 16.3 Å². The van der Waals surface area contributed by atoms with Gasteiger partial charge >= 0.3 is 0 Å². The van der Waals surface area contributed by atoms with Crippen LogP contribution in [0.25, 0.3) is 21.0 Å². The first-order chi connectivity index (χ1) is 16.6. The molecular weight excluding hydrogens is 442 g/mol. The van der Waals surface area contributed by atoms with Crippen LogP contribution in [0.15, 0.2) is 90.0 Å². The number of carbonyl (C=O) groups is 1. The van der Waals surface area contributed by atoms with Gasteiger partial charge in [0.25, 0.3) is 5.91 Å². The van der Waals surface area contributed by atoms with E-state index in [-0.39, 0.29) is 5.91 Å². The van der Waals surface area contributed by atoms with E-state index >= 15 is 0 Å². The maximum Gasteiger partial charge on any atom is 0.280 e. The Hall–Kier alpha value is -4.03. The molecule has 0 radical (unpaired) electrons. The van der Waals surface area contributed by atoms with Gasteiger partial charge in [0.2, 0.25) is 5.13 Å². The number of aryl methyl sites for hydroxylation is 1. The summed E-state index contributed by atoms with van der Waals surface area (Å²) in [5, 5.41) is 8.58. The Balaban J connectivity index is 1.54. The van der Waals surface area contributed by atoms with Crippen LogP contribution in [-0.4, -0.2) is 23.7 Å². The predicted molar refractivity (Wildman–Crippen MR) is 140 cm³/mol. The van der Waals surface area contributed by atoms with Crippen LogP contribution in [0, 0.1) is 6.92 Å². The highest BCUT2D eigenvalue weighted by Crippen LogP contribution is 2.31. The fourth-order valence-electron chi connectivity index (χ4n) is 3.68. The number of hydrazone groups is 1. The summed E-state index contributed by atoms with van der Waals surface area (Å²) >= 11 is 1.45. The second-order valence-electron chi connectivity index (χ2n) is 7.89. The minimum absolute atomic E-state index is 0.233. The fraction of sp³-hybridized carbons (Fsp3) is 0.107. The molecular formula is C28H23N3O2S. The van der Waals surface area contributed by atoms with E-state index in [0.717, 1.165) is 37.9 Å². The smallest absolute Gasteiger partial charge is 0.280 e. The number of nitrogens with zero attached hydrogens (tertiary/aromatic N) is 3. The number of rotatable bonds is 6. The van der Waals surface area contributed by atoms with E-state index < -0.39 is 0 Å². The second-order valence-corrected chi connectivity index (χ2v) is 8.90. The Bertz CT molecular complexity index is 1510. The summed E-state index contributed by atoms with van der Waals surface area (Å²) in [4.78, 5) is 18.4. The van der Waals surface area contributed by atoms with Gasteiger partial charge in [0.1, 0.15) is 5.75 Å². The molecule has 0 aliphatic rings. The van der Waals surface area contributed by atoms with Crippen molar-refractivity contribution in [2.75, 3.05) is 11.6 Å². The largest absolute Gasteiger partial charge is 0.494 e. The maximum absolute atomic E-state index is 13.7. The van der Waals surface area contributed by atoms with Crippen molar-refractivity contribution >= 4 is 49.6 Å². The van der Waals surface area contributed by atoms with Gasteiger partial charge in [-0.25, -0.2) is 4.98 Å². The average Bonchev–Trinajstić information content (AvgIpc) is 3.27. The summed E-state index contributed by atoms with van der Waals surface area (Å²) in [7, 11) is 0. The summed E-state index contributed by atoms with van der Waals surface area (Å²) in [6.45, 7) is 4.60. The molecule has 0 spiro atoms. The molecule has 5 nitrogen and oxygen atoms in total. The van der Waals surface area contributed by atoms with Gasteiger partial charge in [0, 0.05) is 5.56 Å². The van der Waals surface area contributed by atoms with Crippen molar-refractivity contribution in [3.63, 3.8) is 0 Å². The minimum Gasteiger partial charge on any atom is -0.494 e. The predicted octanol–water partition coefficient (Wildman–Crippen LogP) is 6.84. The number of hydrogen-bond donors (Lipinski definition) is 0. The van der Waals surface area contributed by atoms with Gasteiger partial charge < -0.3 is 4.74 Å². The molecule has 0 aliphatic carbocycles. The van der Waals surface area contributed by atoms with Crippen molar-refractivity contribution < 1.29 is 9.53 Å². The van der Waals surface area contributed by atoms with Crippen molar-refractivity contribution in [3.8, 4) is 5.75 Å². The zero-order chi connectivity index (χ0) is 23.5. The first-order valence-electron chi connectivity index (χ1n) is 11.1. The highest BCUT2D eigenvalue weighted by atomic mass is 32.1. The van der Waals surface area contributed by atoms with Gasteiger partial charge in [-0.15, -0.1) is 0 Å². The standard InChI is InChI=1S/C28H23N3O2S/c1-3-33-24-13-9-20(10-14-24)18-29-31(28-30-25-15-8-19(2)16-26(25)34-28)27(32)23-12-11-21-6-4-5-7-22(21)17-23/h4-18H,3H2,1-2H3/b29-18+. The lowest BCUT2D eigenvalue weighted by Gasteiger charge is -2.14. The number of anilines is 1. The Morgan fingerprint density at radius 1 is 1.00 bits per heavy atom. The summed E-state index contributed by atoms with van der Waals surface area (Å²) in [5.41, 5.74) is 3.40. The van der Waals surface area contributed by atoms with Crippen molar-refractivity contribution in [2.24, 2.45) is 5.10 Å². The van der Waals surface area contributed by atoms with E-state index in [4.69, 9.17) is 9.72 Å². The SMILES string of the molecule is CCOc1ccc(/C=N/N(C(=O)c2ccc3ccccc3c2)c2nc3ccc(C)cc3s2)cc1. The Morgan fingerprint density at radius 2 is 1.79 bits per heavy atom. The van der Waals surface area contributed by atoms with Crippen LogP contribution in [0.4, 0.5) is 5.13 Å². The number of thiazole rings is 1. The molecule has 1 heterocycles. The number of fused-ring (bicyclic) bond motifs is 2. The van der Waals surface area contributed by atoms with E-state index in [2.05, 4.69) is 11.2 Å². The van der Waals surface area contributed by atoms with Gasteiger partial charge in [-0.3, -0.25) is 4.79 Å². The third kappa shape index (κ3) is 4.54. The molecule has 0 bridgehead atoms. The van der Waals surface area contributed by atoms with E-state index in [1.54, 1.807) is 6.21 Å². The van der Waals surface area contributed by atoms with Gasteiger partial charge in [0.05, 0.1) is 23.0 Å². The van der Waals surface area contributed by atoms with Crippen molar-refractivity contribution in [1.29, 1.82) is 0 Å². The lowest BCUT2D eigenvalue weighted by Crippen LogP contribution is -2.25. The molecule has 168 valence electrons. The molecule has 0 saturated carbocycles. The number of carbonyl (C=O) groups excluding carboxylic acids is 1. The lowest BCUT2D eigenvalue weighted by atomic mass is 10.1. The molecule has 1 amide bonds. The average molecular weight is 466 g/mol. The molecule has 5 rings (SSSR count). The first kappa shape index (κ1) is 21.8. The van der Waals surface area contributed by atoms with Crippen LogP contribution < -0.4 is 9.75 Å². The third-order valence-electron chi connectivity index (χ3n) is 5.42. The number of aromatic nitrogens is 1. The monoisotopic (exact) mass is 465 g/mol. The zero-order valence-electron chi connectivity index (χ0n) is 18.9. The van der Waals surface area contributed by atoms with Gasteiger partial charge in [-0.05, 0) is 84.3 Å². The molecule has 0 N–H and O–H groups in total. The highest BCUT2D eigenvalue weighted by molar-refractivity contribution is 7.22. The topological polar surface area (TPSA) is 54.8 Å². The molecule has 0 unspecified atom stereocenters. The van der Waals surface area contributed by atoms with Crippen LogP contribution in [0.3, 0.4) is 0 Å². The zero-order valence-corrected chi connectivity index (χ0v) is 19.8. The van der Waals surface area contributed by atoms with Crippen LogP contribution in [0.1, 0.15) is 28.4 Å². The minimum atomic E-state index is -0.233. The summed E-state index contributed by atoms with van der Waals surface area (Å²) < 4.78 is 6.53. The molecule has 34 heavy (non-hydrogen) atoms. The van der Waals surface area contributed by atoms with Crippen LogP contribution in [-0.2, 0) is 0 Å². The summed E-state index contributed by atoms with van der Waals surface area (Å²) in [6, 6.07) is 27.3. The number of hydrogen-bond acceptors (Lipinski definition) is 5. The molecule has 5 aromatic rings. The van der Waals surface area contributed by atoms with E-state index in [9.17, 15) is 4.79 Å². The molecule has 0 aliphatic heterocycles.